The quantitative estimate of drug-likeness (QED) is 0.783. The summed E-state index contributed by atoms with van der Waals surface area (Å²) in [5.74, 6) is 0.520. The lowest BCUT2D eigenvalue weighted by Gasteiger charge is -2.36. The Kier molecular flexibility index (Phi) is 6.53. The third kappa shape index (κ3) is 5.07. The van der Waals surface area contributed by atoms with Gasteiger partial charge in [-0.1, -0.05) is 23.8 Å². The fourth-order valence-corrected chi connectivity index (χ4v) is 4.40. The first-order chi connectivity index (χ1) is 12.1. The predicted molar refractivity (Wildman–Crippen MR) is 102 cm³/mol. The minimum absolute atomic E-state index is 0.0723. The van der Waals surface area contributed by atoms with Crippen LogP contribution in [-0.2, 0) is 9.53 Å². The molecule has 1 saturated heterocycles. The van der Waals surface area contributed by atoms with E-state index in [0.29, 0.717) is 31.9 Å². The minimum Gasteiger partial charge on any atom is -0.387 e. The summed E-state index contributed by atoms with van der Waals surface area (Å²) < 4.78 is 5.55. The SMILES string of the molecule is Cc1ccc(SCC(=O)N2CCOC[C@@H]2C[C@@H](O)c2cccs2)cc1. The van der Waals surface area contributed by atoms with Gasteiger partial charge in [0.2, 0.25) is 5.91 Å². The van der Waals surface area contributed by atoms with Crippen LogP contribution in [0, 0.1) is 6.92 Å². The molecular weight excluding hydrogens is 354 g/mol. The van der Waals surface area contributed by atoms with Crippen LogP contribution in [0.25, 0.3) is 0 Å². The van der Waals surface area contributed by atoms with Crippen LogP contribution in [-0.4, -0.2) is 47.5 Å². The van der Waals surface area contributed by atoms with E-state index in [4.69, 9.17) is 4.74 Å². The van der Waals surface area contributed by atoms with Crippen LogP contribution in [0.4, 0.5) is 0 Å². The van der Waals surface area contributed by atoms with Crippen LogP contribution < -0.4 is 0 Å². The molecule has 4 nitrogen and oxygen atoms in total. The summed E-state index contributed by atoms with van der Waals surface area (Å²) in [6.07, 6.45) is -0.0340. The van der Waals surface area contributed by atoms with Gasteiger partial charge in [-0.25, -0.2) is 0 Å². The maximum atomic E-state index is 12.7. The standard InChI is InChI=1S/C19H23NO3S2/c1-14-4-6-16(7-5-14)25-13-19(22)20-8-9-23-12-15(20)11-17(21)18-3-2-10-24-18/h2-7,10,15,17,21H,8-9,11-13H2,1H3/t15-,17+/m0/s1. The van der Waals surface area contributed by atoms with Gasteiger partial charge in [0, 0.05) is 22.7 Å². The van der Waals surface area contributed by atoms with Gasteiger partial charge in [-0.05, 0) is 30.5 Å². The van der Waals surface area contributed by atoms with Crippen molar-refractivity contribution in [2.45, 2.75) is 30.4 Å². The number of aliphatic hydroxyl groups is 1. The Morgan fingerprint density at radius 1 is 1.40 bits per heavy atom. The molecule has 1 fully saturated rings. The second kappa shape index (κ2) is 8.85. The molecule has 1 N–H and O–H groups in total. The lowest BCUT2D eigenvalue weighted by atomic mass is 10.1. The van der Waals surface area contributed by atoms with Crippen LogP contribution in [0.2, 0.25) is 0 Å². The molecule has 0 spiro atoms. The molecule has 2 aromatic rings. The smallest absolute Gasteiger partial charge is 0.233 e. The Labute approximate surface area is 156 Å². The molecule has 6 heteroatoms. The lowest BCUT2D eigenvalue weighted by molar-refractivity contribution is -0.138. The second-order valence-corrected chi connectivity index (χ2v) is 8.21. The minimum atomic E-state index is -0.549. The topological polar surface area (TPSA) is 49.8 Å². The van der Waals surface area contributed by atoms with E-state index in [-0.39, 0.29) is 11.9 Å². The number of benzene rings is 1. The molecule has 0 radical (unpaired) electrons. The molecule has 1 amide bonds. The summed E-state index contributed by atoms with van der Waals surface area (Å²) in [5, 5.41) is 12.4. The van der Waals surface area contributed by atoms with Crippen molar-refractivity contribution in [3.05, 3.63) is 52.2 Å². The van der Waals surface area contributed by atoms with E-state index >= 15 is 0 Å². The first-order valence-corrected chi connectivity index (χ1v) is 10.3. The second-order valence-electron chi connectivity index (χ2n) is 6.18. The number of rotatable bonds is 6. The first-order valence-electron chi connectivity index (χ1n) is 8.41. The number of aryl methyl sites for hydroxylation is 1. The molecule has 2 heterocycles. The number of thiophene rings is 1. The van der Waals surface area contributed by atoms with Crippen molar-refractivity contribution in [2.24, 2.45) is 0 Å². The van der Waals surface area contributed by atoms with E-state index < -0.39 is 6.10 Å². The molecule has 2 atom stereocenters. The maximum absolute atomic E-state index is 12.7. The van der Waals surface area contributed by atoms with E-state index in [1.807, 2.05) is 34.5 Å². The van der Waals surface area contributed by atoms with Gasteiger partial charge in [0.1, 0.15) is 0 Å². The third-order valence-electron chi connectivity index (χ3n) is 4.30. The number of aliphatic hydroxyl groups excluding tert-OH is 1. The summed E-state index contributed by atoms with van der Waals surface area (Å²) in [6.45, 7) is 3.70. The molecule has 1 aromatic carbocycles. The number of ether oxygens (including phenoxy) is 1. The molecule has 1 aromatic heterocycles. The summed E-state index contributed by atoms with van der Waals surface area (Å²) >= 11 is 3.10. The van der Waals surface area contributed by atoms with Gasteiger partial charge in [-0.15, -0.1) is 23.1 Å². The van der Waals surface area contributed by atoms with E-state index in [9.17, 15) is 9.90 Å². The Morgan fingerprint density at radius 2 is 2.20 bits per heavy atom. The Balaban J connectivity index is 1.57. The number of hydrogen-bond donors (Lipinski definition) is 1. The van der Waals surface area contributed by atoms with Gasteiger partial charge in [-0.2, -0.15) is 0 Å². The van der Waals surface area contributed by atoms with Crippen molar-refractivity contribution < 1.29 is 14.6 Å². The number of hydrogen-bond acceptors (Lipinski definition) is 5. The Bertz CT molecular complexity index is 672. The van der Waals surface area contributed by atoms with Crippen LogP contribution in [0.15, 0.2) is 46.7 Å². The van der Waals surface area contributed by atoms with Gasteiger partial charge in [0.25, 0.3) is 0 Å². The van der Waals surface area contributed by atoms with E-state index in [1.165, 1.54) is 16.9 Å². The third-order valence-corrected chi connectivity index (χ3v) is 6.27. The molecule has 25 heavy (non-hydrogen) atoms. The van der Waals surface area contributed by atoms with E-state index in [0.717, 1.165) is 9.77 Å². The van der Waals surface area contributed by atoms with Gasteiger partial charge >= 0.3 is 0 Å². The van der Waals surface area contributed by atoms with Crippen LogP contribution in [0.5, 0.6) is 0 Å². The fraction of sp³-hybridized carbons (Fsp3) is 0.421. The van der Waals surface area contributed by atoms with Crippen molar-refractivity contribution in [1.29, 1.82) is 0 Å². The highest BCUT2D eigenvalue weighted by molar-refractivity contribution is 8.00. The normalized spacial score (nSPS) is 19.0. The monoisotopic (exact) mass is 377 g/mol. The number of amides is 1. The highest BCUT2D eigenvalue weighted by atomic mass is 32.2. The lowest BCUT2D eigenvalue weighted by Crippen LogP contribution is -2.49. The molecular formula is C19H23NO3S2. The summed E-state index contributed by atoms with van der Waals surface area (Å²) in [7, 11) is 0. The number of nitrogens with zero attached hydrogens (tertiary/aromatic N) is 1. The van der Waals surface area contributed by atoms with Gasteiger partial charge in [-0.3, -0.25) is 4.79 Å². The zero-order valence-electron chi connectivity index (χ0n) is 14.3. The van der Waals surface area contributed by atoms with Crippen molar-refractivity contribution in [3.63, 3.8) is 0 Å². The van der Waals surface area contributed by atoms with Crippen LogP contribution in [0.1, 0.15) is 23.0 Å². The fourth-order valence-electron chi connectivity index (χ4n) is 2.90. The Hall–Kier alpha value is -1.34. The molecule has 1 aliphatic rings. The summed E-state index contributed by atoms with van der Waals surface area (Å²) in [6, 6.07) is 12.0. The zero-order chi connectivity index (χ0) is 17.6. The van der Waals surface area contributed by atoms with Crippen LogP contribution in [0.3, 0.4) is 0 Å². The number of thioether (sulfide) groups is 1. The molecule has 3 rings (SSSR count). The van der Waals surface area contributed by atoms with Gasteiger partial charge in [0.05, 0.1) is 31.1 Å². The predicted octanol–water partition coefficient (Wildman–Crippen LogP) is 3.50. The maximum Gasteiger partial charge on any atom is 0.233 e. The highest BCUT2D eigenvalue weighted by Gasteiger charge is 2.29. The van der Waals surface area contributed by atoms with Crippen molar-refractivity contribution >= 4 is 29.0 Å². The summed E-state index contributed by atoms with van der Waals surface area (Å²) in [5.41, 5.74) is 1.21. The van der Waals surface area contributed by atoms with E-state index in [1.54, 1.807) is 11.8 Å². The van der Waals surface area contributed by atoms with Gasteiger partial charge < -0.3 is 14.7 Å². The molecule has 0 bridgehead atoms. The average molecular weight is 378 g/mol. The molecule has 0 aliphatic carbocycles. The Morgan fingerprint density at radius 3 is 2.92 bits per heavy atom. The van der Waals surface area contributed by atoms with E-state index in [2.05, 4.69) is 19.1 Å². The van der Waals surface area contributed by atoms with Crippen molar-refractivity contribution in [2.75, 3.05) is 25.5 Å². The average Bonchev–Trinajstić information content (AvgIpc) is 3.16. The van der Waals surface area contributed by atoms with Crippen molar-refractivity contribution in [3.8, 4) is 0 Å². The number of carbonyl (C=O) groups is 1. The molecule has 1 aliphatic heterocycles. The first kappa shape index (κ1) is 18.5. The molecule has 0 unspecified atom stereocenters. The zero-order valence-corrected chi connectivity index (χ0v) is 15.9. The van der Waals surface area contributed by atoms with Gasteiger partial charge in [0.15, 0.2) is 0 Å². The summed E-state index contributed by atoms with van der Waals surface area (Å²) in [4.78, 5) is 16.6. The number of carbonyl (C=O) groups excluding carboxylic acids is 1. The molecule has 134 valence electrons. The largest absolute Gasteiger partial charge is 0.387 e. The van der Waals surface area contributed by atoms with Crippen LogP contribution >= 0.6 is 23.1 Å². The molecule has 0 saturated carbocycles. The van der Waals surface area contributed by atoms with Crippen molar-refractivity contribution in [1.82, 2.24) is 4.90 Å². The highest BCUT2D eigenvalue weighted by Crippen LogP contribution is 2.27. The number of morpholine rings is 1.